The van der Waals surface area contributed by atoms with Crippen molar-refractivity contribution in [2.75, 3.05) is 26.5 Å². The summed E-state index contributed by atoms with van der Waals surface area (Å²) in [6.07, 6.45) is 10.6. The van der Waals surface area contributed by atoms with Crippen molar-refractivity contribution >= 4 is 0 Å². The molecule has 0 unspecified atom stereocenters. The fraction of sp³-hybridized carbons (Fsp3) is 0.684. The zero-order chi connectivity index (χ0) is 15.9. The molecule has 1 rings (SSSR count). The second kappa shape index (κ2) is 13.6. The summed E-state index contributed by atoms with van der Waals surface area (Å²) in [7, 11) is 0. The van der Waals surface area contributed by atoms with E-state index in [4.69, 9.17) is 9.47 Å². The van der Waals surface area contributed by atoms with Gasteiger partial charge >= 0.3 is 0 Å². The van der Waals surface area contributed by atoms with E-state index in [0.29, 0.717) is 13.2 Å². The maximum Gasteiger partial charge on any atom is 0.119 e. The summed E-state index contributed by atoms with van der Waals surface area (Å²) in [5, 5.41) is 0. The number of hydrogen-bond donors (Lipinski definition) is 0. The van der Waals surface area contributed by atoms with Gasteiger partial charge in [-0.3, -0.25) is 0 Å². The molecule has 0 N–H and O–H groups in total. The number of hydrogen-bond acceptors (Lipinski definition) is 2. The van der Waals surface area contributed by atoms with Crippen molar-refractivity contribution in [3.05, 3.63) is 29.8 Å². The fourth-order valence-corrected chi connectivity index (χ4v) is 2.41. The molecule has 22 heavy (non-hydrogen) atoms. The molecule has 0 atom stereocenters. The van der Waals surface area contributed by atoms with Gasteiger partial charge in [-0.15, -0.1) is 0 Å². The Hall–Kier alpha value is -1.09. The number of rotatable bonds is 14. The lowest BCUT2D eigenvalue weighted by atomic mass is 10.0. The van der Waals surface area contributed by atoms with Gasteiger partial charge in [-0.25, -0.2) is 4.39 Å². The zero-order valence-corrected chi connectivity index (χ0v) is 14.0. The van der Waals surface area contributed by atoms with Crippen LogP contribution in [0.4, 0.5) is 4.39 Å². The lowest BCUT2D eigenvalue weighted by molar-refractivity contribution is 0.0897. The van der Waals surface area contributed by atoms with E-state index in [0.717, 1.165) is 12.2 Å². The van der Waals surface area contributed by atoms with Gasteiger partial charge in [0.25, 0.3) is 0 Å². The van der Waals surface area contributed by atoms with Gasteiger partial charge in [-0.05, 0) is 30.5 Å². The fourth-order valence-electron chi connectivity index (χ4n) is 2.41. The number of unbranched alkanes of at least 4 members (excludes halogenated alkanes) is 6. The summed E-state index contributed by atoms with van der Waals surface area (Å²) in [6.45, 7) is 2.87. The van der Waals surface area contributed by atoms with E-state index in [2.05, 4.69) is 19.1 Å². The molecular weight excluding hydrogens is 279 g/mol. The number of ether oxygens (including phenoxy) is 2. The SMILES string of the molecule is CCCCCCCCCc1ccc(OCCOCCF)cc1. The van der Waals surface area contributed by atoms with Crippen molar-refractivity contribution in [1.82, 2.24) is 0 Å². The maximum atomic E-state index is 11.8. The van der Waals surface area contributed by atoms with Crippen molar-refractivity contribution in [1.29, 1.82) is 0 Å². The maximum absolute atomic E-state index is 11.8. The molecule has 1 aromatic rings. The van der Waals surface area contributed by atoms with Crippen molar-refractivity contribution in [3.8, 4) is 5.75 Å². The zero-order valence-electron chi connectivity index (χ0n) is 14.0. The molecule has 0 aliphatic carbocycles. The third kappa shape index (κ3) is 9.78. The molecule has 0 radical (unpaired) electrons. The standard InChI is InChI=1S/C19H31FO2/c1-2-3-4-5-6-7-8-9-18-10-12-19(13-11-18)22-17-16-21-15-14-20/h10-13H,2-9,14-17H2,1H3. The lowest BCUT2D eigenvalue weighted by Gasteiger charge is -2.07. The molecular formula is C19H31FO2. The normalized spacial score (nSPS) is 10.8. The minimum absolute atomic E-state index is 0.154. The summed E-state index contributed by atoms with van der Waals surface area (Å²) in [5.41, 5.74) is 1.37. The molecule has 2 nitrogen and oxygen atoms in total. The molecule has 0 bridgehead atoms. The highest BCUT2D eigenvalue weighted by molar-refractivity contribution is 5.27. The monoisotopic (exact) mass is 310 g/mol. The molecule has 1 aromatic carbocycles. The Labute approximate surface area is 135 Å². The number of aryl methyl sites for hydroxylation is 1. The van der Waals surface area contributed by atoms with Crippen molar-refractivity contribution in [3.63, 3.8) is 0 Å². The van der Waals surface area contributed by atoms with Crippen LogP contribution in [0.5, 0.6) is 5.75 Å². The van der Waals surface area contributed by atoms with Gasteiger partial charge < -0.3 is 9.47 Å². The van der Waals surface area contributed by atoms with Crippen LogP contribution in [0, 0.1) is 0 Å². The minimum atomic E-state index is -0.437. The third-order valence-electron chi connectivity index (χ3n) is 3.71. The van der Waals surface area contributed by atoms with Gasteiger partial charge in [0.1, 0.15) is 19.0 Å². The van der Waals surface area contributed by atoms with Crippen LogP contribution in [-0.4, -0.2) is 26.5 Å². The van der Waals surface area contributed by atoms with E-state index in [-0.39, 0.29) is 6.61 Å². The quantitative estimate of drug-likeness (QED) is 0.432. The van der Waals surface area contributed by atoms with E-state index >= 15 is 0 Å². The Morgan fingerprint density at radius 1 is 0.818 bits per heavy atom. The van der Waals surface area contributed by atoms with Crippen LogP contribution in [0.1, 0.15) is 57.4 Å². The van der Waals surface area contributed by atoms with Gasteiger partial charge in [0.2, 0.25) is 0 Å². The first-order valence-corrected chi connectivity index (χ1v) is 8.72. The first-order chi connectivity index (χ1) is 10.9. The van der Waals surface area contributed by atoms with Crippen LogP contribution in [0.2, 0.25) is 0 Å². The van der Waals surface area contributed by atoms with Gasteiger partial charge in [-0.2, -0.15) is 0 Å². The molecule has 126 valence electrons. The summed E-state index contributed by atoms with van der Waals surface area (Å²) in [6, 6.07) is 8.28. The molecule has 0 saturated carbocycles. The highest BCUT2D eigenvalue weighted by Crippen LogP contribution is 2.15. The number of halogens is 1. The van der Waals surface area contributed by atoms with Crippen molar-refractivity contribution in [2.24, 2.45) is 0 Å². The van der Waals surface area contributed by atoms with Crippen molar-refractivity contribution < 1.29 is 13.9 Å². The topological polar surface area (TPSA) is 18.5 Å². The largest absolute Gasteiger partial charge is 0.491 e. The van der Waals surface area contributed by atoms with Crippen molar-refractivity contribution in [2.45, 2.75) is 58.3 Å². The van der Waals surface area contributed by atoms with Crippen LogP contribution in [0.3, 0.4) is 0 Å². The Balaban J connectivity index is 2.06. The van der Waals surface area contributed by atoms with E-state index in [9.17, 15) is 4.39 Å². The van der Waals surface area contributed by atoms with Gasteiger partial charge in [0.05, 0.1) is 13.2 Å². The summed E-state index contributed by atoms with van der Waals surface area (Å²) >= 11 is 0. The van der Waals surface area contributed by atoms with E-state index in [1.54, 1.807) is 0 Å². The molecule has 3 heteroatoms. The lowest BCUT2D eigenvalue weighted by Crippen LogP contribution is -2.08. The first-order valence-electron chi connectivity index (χ1n) is 8.72. The minimum Gasteiger partial charge on any atom is -0.491 e. The Kier molecular flexibility index (Phi) is 11.7. The second-order valence-corrected chi connectivity index (χ2v) is 5.67. The highest BCUT2D eigenvalue weighted by Gasteiger charge is 1.97. The van der Waals surface area contributed by atoms with E-state index < -0.39 is 6.67 Å². The Morgan fingerprint density at radius 2 is 1.50 bits per heavy atom. The molecule has 0 aliphatic heterocycles. The van der Waals surface area contributed by atoms with Gasteiger partial charge in [0.15, 0.2) is 0 Å². The van der Waals surface area contributed by atoms with Crippen LogP contribution >= 0.6 is 0 Å². The Bertz CT molecular complexity index is 351. The molecule has 0 aliphatic rings. The average Bonchev–Trinajstić information content (AvgIpc) is 2.55. The van der Waals surface area contributed by atoms with Gasteiger partial charge in [0, 0.05) is 0 Å². The molecule has 0 heterocycles. The van der Waals surface area contributed by atoms with E-state index in [1.165, 1.54) is 50.5 Å². The van der Waals surface area contributed by atoms with E-state index in [1.807, 2.05) is 12.1 Å². The molecule has 0 fully saturated rings. The average molecular weight is 310 g/mol. The molecule has 0 aromatic heterocycles. The smallest absolute Gasteiger partial charge is 0.119 e. The number of alkyl halides is 1. The predicted octanol–water partition coefficient (Wildman–Crippen LogP) is 5.34. The molecule has 0 saturated heterocycles. The number of benzene rings is 1. The summed E-state index contributed by atoms with van der Waals surface area (Å²) in [4.78, 5) is 0. The highest BCUT2D eigenvalue weighted by atomic mass is 19.1. The summed E-state index contributed by atoms with van der Waals surface area (Å²) in [5.74, 6) is 0.854. The summed E-state index contributed by atoms with van der Waals surface area (Å²) < 4.78 is 22.4. The second-order valence-electron chi connectivity index (χ2n) is 5.67. The van der Waals surface area contributed by atoms with Crippen LogP contribution in [0.25, 0.3) is 0 Å². The Morgan fingerprint density at radius 3 is 2.18 bits per heavy atom. The van der Waals surface area contributed by atoms with Crippen LogP contribution in [0.15, 0.2) is 24.3 Å². The third-order valence-corrected chi connectivity index (χ3v) is 3.71. The van der Waals surface area contributed by atoms with Crippen LogP contribution in [-0.2, 0) is 11.2 Å². The van der Waals surface area contributed by atoms with Crippen LogP contribution < -0.4 is 4.74 Å². The molecule has 0 amide bonds. The first kappa shape index (κ1) is 19.0. The molecule has 0 spiro atoms. The van der Waals surface area contributed by atoms with Gasteiger partial charge in [-0.1, -0.05) is 57.6 Å². The predicted molar refractivity (Wildman–Crippen MR) is 90.4 cm³/mol.